The number of para-hydroxylation sites is 1. The van der Waals surface area contributed by atoms with Crippen molar-refractivity contribution >= 4 is 11.9 Å². The lowest BCUT2D eigenvalue weighted by atomic mass is 9.97. The maximum atomic E-state index is 14.3. The molecule has 0 saturated carbocycles. The summed E-state index contributed by atoms with van der Waals surface area (Å²) < 4.78 is 15.9. The van der Waals surface area contributed by atoms with Crippen molar-refractivity contribution in [3.63, 3.8) is 0 Å². The highest BCUT2D eigenvalue weighted by Crippen LogP contribution is 2.31. The summed E-state index contributed by atoms with van der Waals surface area (Å²) in [7, 11) is 0. The van der Waals surface area contributed by atoms with E-state index in [0.717, 1.165) is 49.8 Å². The molecule has 1 N–H and O–H groups in total. The molecule has 1 aliphatic heterocycles. The van der Waals surface area contributed by atoms with Crippen LogP contribution in [0.2, 0.25) is 0 Å². The van der Waals surface area contributed by atoms with Crippen LogP contribution in [-0.2, 0) is 17.6 Å². The van der Waals surface area contributed by atoms with Gasteiger partial charge in [-0.05, 0) is 57.1 Å². The summed E-state index contributed by atoms with van der Waals surface area (Å²) in [5, 5.41) is 13.6. The maximum absolute atomic E-state index is 14.3. The molecule has 7 heteroatoms. The molecule has 1 amide bonds. The van der Waals surface area contributed by atoms with Gasteiger partial charge in [-0.2, -0.15) is 5.10 Å². The number of aliphatic carboxylic acids is 1. The van der Waals surface area contributed by atoms with Crippen LogP contribution in [0.5, 0.6) is 0 Å². The number of carboxylic acids is 1. The van der Waals surface area contributed by atoms with Crippen molar-refractivity contribution in [2.24, 2.45) is 0 Å². The monoisotopic (exact) mass is 385 g/mol. The predicted molar refractivity (Wildman–Crippen MR) is 101 cm³/mol. The molecule has 1 fully saturated rings. The van der Waals surface area contributed by atoms with E-state index in [-0.39, 0.29) is 24.2 Å². The first kappa shape index (κ1) is 18.7. The number of carbonyl (C=O) groups is 2. The fraction of sp³-hybridized carbons (Fsp3) is 0.476. The van der Waals surface area contributed by atoms with E-state index in [0.29, 0.717) is 24.3 Å². The number of benzene rings is 1. The molecule has 148 valence electrons. The minimum Gasteiger partial charge on any atom is -0.481 e. The molecule has 28 heavy (non-hydrogen) atoms. The van der Waals surface area contributed by atoms with E-state index in [1.54, 1.807) is 27.8 Å². The second kappa shape index (κ2) is 7.73. The lowest BCUT2D eigenvalue weighted by Gasteiger charge is -2.35. The Morgan fingerprint density at radius 2 is 2.00 bits per heavy atom. The van der Waals surface area contributed by atoms with E-state index in [2.05, 4.69) is 5.10 Å². The fourth-order valence-electron chi connectivity index (χ4n) is 4.43. The van der Waals surface area contributed by atoms with Crippen molar-refractivity contribution in [2.45, 2.75) is 57.4 Å². The number of fused-ring (bicyclic) bond motifs is 1. The van der Waals surface area contributed by atoms with Crippen LogP contribution in [0.1, 0.15) is 60.3 Å². The van der Waals surface area contributed by atoms with Crippen LogP contribution in [0.25, 0.3) is 5.69 Å². The molecule has 1 saturated heterocycles. The van der Waals surface area contributed by atoms with E-state index in [1.165, 1.54) is 6.07 Å². The number of hydrogen-bond acceptors (Lipinski definition) is 3. The van der Waals surface area contributed by atoms with Gasteiger partial charge in [-0.25, -0.2) is 9.07 Å². The number of hydrogen-bond donors (Lipinski definition) is 1. The standard InChI is InChI=1S/C21H24FN3O3/c22-16-8-1-2-9-18(16)25-17-10-5-7-15(17)20(23-25)21(28)24-13-4-3-6-14(24)11-12-19(26)27/h1-2,8-9,14H,3-7,10-13H2,(H,26,27). The van der Waals surface area contributed by atoms with Gasteiger partial charge in [0.05, 0.1) is 0 Å². The highest BCUT2D eigenvalue weighted by atomic mass is 19.1. The Kier molecular flexibility index (Phi) is 5.15. The Labute approximate surface area is 163 Å². The van der Waals surface area contributed by atoms with Crippen molar-refractivity contribution in [1.82, 2.24) is 14.7 Å². The van der Waals surface area contributed by atoms with Gasteiger partial charge in [0, 0.05) is 30.3 Å². The molecular formula is C21H24FN3O3. The molecule has 1 unspecified atom stereocenters. The van der Waals surface area contributed by atoms with Gasteiger partial charge in [0.1, 0.15) is 11.5 Å². The highest BCUT2D eigenvalue weighted by Gasteiger charge is 2.34. The fourth-order valence-corrected chi connectivity index (χ4v) is 4.43. The molecule has 0 bridgehead atoms. The van der Waals surface area contributed by atoms with E-state index in [1.807, 2.05) is 0 Å². The van der Waals surface area contributed by atoms with Crippen LogP contribution >= 0.6 is 0 Å². The van der Waals surface area contributed by atoms with Crippen molar-refractivity contribution in [2.75, 3.05) is 6.54 Å². The van der Waals surface area contributed by atoms with Crippen LogP contribution in [-0.4, -0.2) is 44.3 Å². The molecule has 1 aromatic heterocycles. The first-order chi connectivity index (χ1) is 13.6. The molecular weight excluding hydrogens is 361 g/mol. The number of carbonyl (C=O) groups excluding carboxylic acids is 1. The largest absolute Gasteiger partial charge is 0.481 e. The van der Waals surface area contributed by atoms with Crippen molar-refractivity contribution in [3.8, 4) is 5.69 Å². The average Bonchev–Trinajstić information content (AvgIpc) is 3.29. The molecule has 0 radical (unpaired) electrons. The summed E-state index contributed by atoms with van der Waals surface area (Å²) >= 11 is 0. The third-order valence-electron chi connectivity index (χ3n) is 5.79. The number of piperidine rings is 1. The summed E-state index contributed by atoms with van der Waals surface area (Å²) in [6.07, 6.45) is 5.68. The van der Waals surface area contributed by atoms with Gasteiger partial charge < -0.3 is 10.0 Å². The van der Waals surface area contributed by atoms with Gasteiger partial charge in [0.25, 0.3) is 5.91 Å². The second-order valence-corrected chi connectivity index (χ2v) is 7.57. The molecule has 2 heterocycles. The number of rotatable bonds is 5. The zero-order chi connectivity index (χ0) is 19.7. The van der Waals surface area contributed by atoms with Crippen molar-refractivity contribution in [3.05, 3.63) is 47.0 Å². The molecule has 0 spiro atoms. The van der Waals surface area contributed by atoms with E-state index in [4.69, 9.17) is 5.11 Å². The first-order valence-corrected chi connectivity index (χ1v) is 9.94. The predicted octanol–water partition coefficient (Wildman–Crippen LogP) is 3.36. The Balaban J connectivity index is 1.67. The number of amides is 1. The third kappa shape index (κ3) is 3.41. The van der Waals surface area contributed by atoms with Crippen LogP contribution in [0, 0.1) is 5.82 Å². The quantitative estimate of drug-likeness (QED) is 0.856. The zero-order valence-electron chi connectivity index (χ0n) is 15.7. The third-order valence-corrected chi connectivity index (χ3v) is 5.79. The summed E-state index contributed by atoms with van der Waals surface area (Å²) in [6, 6.07) is 6.39. The van der Waals surface area contributed by atoms with Crippen molar-refractivity contribution in [1.29, 1.82) is 0 Å². The topological polar surface area (TPSA) is 75.4 Å². The SMILES string of the molecule is O=C(O)CCC1CCCCN1C(=O)c1nn(-c2ccccc2F)c2c1CCC2. The molecule has 2 aliphatic rings. The Morgan fingerprint density at radius 1 is 1.18 bits per heavy atom. The molecule has 1 atom stereocenters. The number of nitrogens with zero attached hydrogens (tertiary/aromatic N) is 3. The Bertz CT molecular complexity index is 908. The summed E-state index contributed by atoms with van der Waals surface area (Å²) in [5.41, 5.74) is 2.59. The smallest absolute Gasteiger partial charge is 0.303 e. The molecule has 2 aromatic rings. The second-order valence-electron chi connectivity index (χ2n) is 7.57. The van der Waals surface area contributed by atoms with Crippen molar-refractivity contribution < 1.29 is 19.1 Å². The zero-order valence-corrected chi connectivity index (χ0v) is 15.7. The van der Waals surface area contributed by atoms with Gasteiger partial charge in [-0.15, -0.1) is 0 Å². The molecule has 6 nitrogen and oxygen atoms in total. The number of likely N-dealkylation sites (tertiary alicyclic amines) is 1. The lowest BCUT2D eigenvalue weighted by molar-refractivity contribution is -0.137. The Morgan fingerprint density at radius 3 is 2.79 bits per heavy atom. The summed E-state index contributed by atoms with van der Waals surface area (Å²) in [6.45, 7) is 0.616. The van der Waals surface area contributed by atoms with Crippen LogP contribution in [0.4, 0.5) is 4.39 Å². The van der Waals surface area contributed by atoms with Gasteiger partial charge in [-0.1, -0.05) is 12.1 Å². The van der Waals surface area contributed by atoms with Gasteiger partial charge in [-0.3, -0.25) is 9.59 Å². The minimum atomic E-state index is -0.845. The molecule has 1 aromatic carbocycles. The summed E-state index contributed by atoms with van der Waals surface area (Å²) in [5.74, 6) is -1.36. The minimum absolute atomic E-state index is 0.0518. The highest BCUT2D eigenvalue weighted by molar-refractivity contribution is 5.94. The lowest BCUT2D eigenvalue weighted by Crippen LogP contribution is -2.44. The average molecular weight is 385 g/mol. The number of aromatic nitrogens is 2. The van der Waals surface area contributed by atoms with Gasteiger partial charge in [0.15, 0.2) is 5.69 Å². The van der Waals surface area contributed by atoms with Crippen LogP contribution < -0.4 is 0 Å². The van der Waals surface area contributed by atoms with Crippen LogP contribution in [0.3, 0.4) is 0 Å². The molecule has 4 rings (SSSR count). The normalized spacial score (nSPS) is 18.9. The number of halogens is 1. The van der Waals surface area contributed by atoms with E-state index in [9.17, 15) is 14.0 Å². The molecule has 1 aliphatic carbocycles. The van der Waals surface area contributed by atoms with Gasteiger partial charge in [0.2, 0.25) is 0 Å². The first-order valence-electron chi connectivity index (χ1n) is 9.94. The van der Waals surface area contributed by atoms with E-state index >= 15 is 0 Å². The van der Waals surface area contributed by atoms with Gasteiger partial charge >= 0.3 is 5.97 Å². The van der Waals surface area contributed by atoms with E-state index < -0.39 is 5.97 Å². The summed E-state index contributed by atoms with van der Waals surface area (Å²) in [4.78, 5) is 26.1. The number of carboxylic acid groups (broad SMARTS) is 1. The Hall–Kier alpha value is -2.70. The maximum Gasteiger partial charge on any atom is 0.303 e. The van der Waals surface area contributed by atoms with Crippen LogP contribution in [0.15, 0.2) is 24.3 Å².